The number of hydrogen-bond acceptors (Lipinski definition) is 15. The monoisotopic (exact) mass is 679 g/mol. The van der Waals surface area contributed by atoms with Crippen molar-refractivity contribution in [3.05, 3.63) is 30.6 Å². The summed E-state index contributed by atoms with van der Waals surface area (Å²) < 4.78 is 245. The Morgan fingerprint density at radius 2 is 0.762 bits per heavy atom. The quantitative estimate of drug-likeness (QED) is 0.0640. The maximum atomic E-state index is 13.2. The van der Waals surface area contributed by atoms with Crippen molar-refractivity contribution in [3.63, 3.8) is 0 Å². The molecule has 0 N–H and O–H groups in total. The lowest BCUT2D eigenvalue weighted by Crippen LogP contribution is -2.72. The molecule has 249 valence electrons. The van der Waals surface area contributed by atoms with E-state index in [9.17, 15) is 90.8 Å². The Morgan fingerprint density at radius 1 is 0.524 bits per heavy atom. The summed E-state index contributed by atoms with van der Waals surface area (Å²) in [4.78, 5) is 13.8. The molecule has 0 rings (SSSR count). The molecule has 0 aliphatic carbocycles. The second kappa shape index (κ2) is 13.8. The third-order valence-corrected chi connectivity index (χ3v) is 3.77. The van der Waals surface area contributed by atoms with Gasteiger partial charge in [-0.3, -0.25) is 9.47 Å². The molecule has 42 heavy (non-hydrogen) atoms. The van der Waals surface area contributed by atoms with Gasteiger partial charge in [-0.25, -0.2) is 4.84 Å². The molecule has 0 spiro atoms. The van der Waals surface area contributed by atoms with Crippen LogP contribution >= 0.6 is 0 Å². The summed E-state index contributed by atoms with van der Waals surface area (Å²) >= 11 is 0. The summed E-state index contributed by atoms with van der Waals surface area (Å²) in [5, 5.41) is -24.4. The fourth-order valence-electron chi connectivity index (χ4n) is 1.92. The van der Waals surface area contributed by atoms with Crippen molar-refractivity contribution in [3.8, 4) is 0 Å². The molecule has 0 unspecified atom stereocenters. The molecule has 0 heterocycles. The van der Waals surface area contributed by atoms with Gasteiger partial charge in [0.2, 0.25) is 0 Å². The van der Waals surface area contributed by atoms with E-state index >= 15 is 0 Å². The largest absolute Gasteiger partial charge is 0.413 e. The van der Waals surface area contributed by atoms with E-state index in [-0.39, 0.29) is 0 Å². The van der Waals surface area contributed by atoms with Crippen molar-refractivity contribution < 1.29 is 105 Å². The highest BCUT2D eigenvalue weighted by Crippen LogP contribution is 2.50. The Kier molecular flexibility index (Phi) is 13.0. The zero-order valence-corrected chi connectivity index (χ0v) is 18.2. The van der Waals surface area contributed by atoms with Gasteiger partial charge in [0.1, 0.15) is 6.61 Å². The zero-order valence-electron chi connectivity index (χ0n) is 18.2. The number of rotatable bonds is 19. The summed E-state index contributed by atoms with van der Waals surface area (Å²) in [6.45, 7) is 2.47. The van der Waals surface area contributed by atoms with E-state index < -0.39 is 89.1 Å². The SMILES string of the molecule is [CH2]C([CH2])([CH]OC(N(F)F)(N(F)F)N(F)F)C(O[N+](=O)[O-])(OC(N(F)F)(N(F)F)N(F)F)OC(N(F)F)(N(F)F)N(F)F. The minimum atomic E-state index is -6.66. The fourth-order valence-corrected chi connectivity index (χ4v) is 1.92. The Labute approximate surface area is 214 Å². The first-order valence-corrected chi connectivity index (χ1v) is 8.31. The summed E-state index contributed by atoms with van der Waals surface area (Å²) in [5.74, 6) is -25.6. The molecule has 0 atom stereocenters. The third-order valence-electron chi connectivity index (χ3n) is 3.77. The molecule has 16 nitrogen and oxygen atoms in total. The van der Waals surface area contributed by atoms with E-state index in [0.717, 1.165) is 0 Å². The zero-order chi connectivity index (χ0) is 33.8. The fraction of sp³-hybridized carbons (Fsp3) is 0.625. The molecule has 0 aromatic heterocycles. The van der Waals surface area contributed by atoms with Gasteiger partial charge in [0, 0.05) is 0 Å². The summed E-state index contributed by atoms with van der Waals surface area (Å²) in [7, 11) is 0. The van der Waals surface area contributed by atoms with Crippen LogP contribution in [0, 0.1) is 36.0 Å². The second-order valence-corrected chi connectivity index (χ2v) is 6.28. The van der Waals surface area contributed by atoms with Crippen molar-refractivity contribution in [2.45, 2.75) is 23.9 Å². The molecule has 34 heteroatoms. The summed E-state index contributed by atoms with van der Waals surface area (Å²) in [6, 6.07) is 0. The first-order valence-electron chi connectivity index (χ1n) is 8.31. The van der Waals surface area contributed by atoms with E-state index in [1.807, 2.05) is 0 Å². The van der Waals surface area contributed by atoms with Gasteiger partial charge in [-0.15, -0.1) is 10.1 Å². The number of hydrogen-bond donors (Lipinski definition) is 0. The van der Waals surface area contributed by atoms with E-state index in [2.05, 4.69) is 32.9 Å². The van der Waals surface area contributed by atoms with Crippen LogP contribution < -0.4 is 0 Å². The predicted octanol–water partition coefficient (Wildman–Crippen LogP) is 4.19. The van der Waals surface area contributed by atoms with Crippen molar-refractivity contribution >= 4 is 0 Å². The lowest BCUT2D eigenvalue weighted by atomic mass is 9.90. The maximum Gasteiger partial charge on any atom is 0.413 e. The molecule has 0 saturated carbocycles. The molecule has 3 radical (unpaired) electrons. The van der Waals surface area contributed by atoms with Gasteiger partial charge < -0.3 is 4.74 Å². The first-order chi connectivity index (χ1) is 18.8. The third kappa shape index (κ3) is 6.98. The topological polar surface area (TPSA) is 109 Å². The van der Waals surface area contributed by atoms with Crippen molar-refractivity contribution in [2.24, 2.45) is 5.41 Å². The number of halogens is 18. The van der Waals surface area contributed by atoms with Gasteiger partial charge in [-0.2, -0.15) is 0 Å². The summed E-state index contributed by atoms with van der Waals surface area (Å²) in [6.07, 6.45) is 0. The van der Waals surface area contributed by atoms with Crippen molar-refractivity contribution in [2.75, 3.05) is 0 Å². The van der Waals surface area contributed by atoms with Crippen LogP contribution in [0.15, 0.2) is 0 Å². The van der Waals surface area contributed by atoms with Crippen LogP contribution in [0.3, 0.4) is 0 Å². The van der Waals surface area contributed by atoms with Crippen LogP contribution in [0.25, 0.3) is 0 Å². The second-order valence-electron chi connectivity index (χ2n) is 6.28. The van der Waals surface area contributed by atoms with Crippen LogP contribution in [0.1, 0.15) is 0 Å². The first kappa shape index (κ1) is 39.5. The highest BCUT2D eigenvalue weighted by atomic mass is 19.4. The standard InChI is InChI=1S/C8H5F18N10O6/c1-4(2,3-39-6(27(9)10,28(11)12)29(13)14)5(42-36(37)38,40-7(30(15)16,31(17)18)32(19)20)41-8(33(21)22,34(23)24)35(25)26/h3H,1-2H2. The van der Waals surface area contributed by atoms with Crippen molar-refractivity contribution in [1.29, 1.82) is 0 Å². The van der Waals surface area contributed by atoms with Crippen LogP contribution in [0.2, 0.25) is 0 Å². The predicted molar refractivity (Wildman–Crippen MR) is 76.2 cm³/mol. The van der Waals surface area contributed by atoms with E-state index in [4.69, 9.17) is 0 Å². The smallest absolute Gasteiger partial charge is 0.316 e. The summed E-state index contributed by atoms with van der Waals surface area (Å²) in [5.41, 5.74) is -4.96. The molecule has 0 aromatic carbocycles. The van der Waals surface area contributed by atoms with Gasteiger partial charge in [0.25, 0.3) is 5.09 Å². The Balaban J connectivity index is 7.87. The highest BCUT2D eigenvalue weighted by molar-refractivity contribution is 5.02. The number of nitrogens with zero attached hydrogens (tertiary/aromatic N) is 10. The molecule has 0 aromatic rings. The van der Waals surface area contributed by atoms with Gasteiger partial charge in [-0.05, 0) is 13.8 Å². The minimum Gasteiger partial charge on any atom is -0.316 e. The van der Waals surface area contributed by atoms with Crippen LogP contribution in [0.4, 0.5) is 80.7 Å². The molecular weight excluding hydrogens is 674 g/mol. The van der Waals surface area contributed by atoms with Crippen LogP contribution in [0.5, 0.6) is 0 Å². The molecule has 0 fully saturated rings. The Bertz CT molecular complexity index is 773. The van der Waals surface area contributed by atoms with Gasteiger partial charge in [-0.1, -0.05) is 80.7 Å². The van der Waals surface area contributed by atoms with E-state index in [1.54, 1.807) is 0 Å². The van der Waals surface area contributed by atoms with E-state index in [0.29, 0.717) is 0 Å². The van der Waals surface area contributed by atoms with Crippen LogP contribution in [-0.2, 0) is 19.0 Å². The molecule has 0 aliphatic heterocycles. The molecule has 0 saturated heterocycles. The molecule has 0 aliphatic rings. The highest BCUT2D eigenvalue weighted by Gasteiger charge is 2.74. The van der Waals surface area contributed by atoms with Crippen LogP contribution in [-0.4, -0.2) is 77.1 Å². The molecule has 0 bridgehead atoms. The average Bonchev–Trinajstić information content (AvgIpc) is 2.78. The lowest BCUT2D eigenvalue weighted by Gasteiger charge is -2.49. The van der Waals surface area contributed by atoms with Gasteiger partial charge >= 0.3 is 23.9 Å². The minimum absolute atomic E-state index is 1.65. The van der Waals surface area contributed by atoms with Gasteiger partial charge in [0.05, 0.1) is 53.5 Å². The normalized spacial score (nSPS) is 14.8. The Hall–Kier alpha value is -2.54. The van der Waals surface area contributed by atoms with E-state index in [1.165, 1.54) is 0 Å². The maximum absolute atomic E-state index is 13.2. The van der Waals surface area contributed by atoms with Gasteiger partial charge in [0.15, 0.2) is 0 Å². The molecular formula is C8H5F18N10O6. The number of ether oxygens (including phenoxy) is 3. The average molecular weight is 679 g/mol. The molecule has 0 amide bonds. The Morgan fingerprint density at radius 3 is 0.952 bits per heavy atom. The van der Waals surface area contributed by atoms with Crippen molar-refractivity contribution in [1.82, 2.24) is 48.1 Å². The lowest BCUT2D eigenvalue weighted by molar-refractivity contribution is -0.842.